The highest BCUT2D eigenvalue weighted by Gasteiger charge is 2.51. The fourth-order valence-corrected chi connectivity index (χ4v) is 5.16. The van der Waals surface area contributed by atoms with Crippen molar-refractivity contribution in [3.05, 3.63) is 144 Å². The van der Waals surface area contributed by atoms with Crippen LogP contribution in [0.15, 0.2) is 121 Å². The topological polar surface area (TPSA) is 79.2 Å². The van der Waals surface area contributed by atoms with Crippen molar-refractivity contribution in [3.8, 4) is 0 Å². The monoisotopic (exact) mass is 683 g/mol. The molecule has 10 heteroatoms. The minimum absolute atomic E-state index is 0.131. The van der Waals surface area contributed by atoms with Crippen LogP contribution >= 0.6 is 34.8 Å². The molecule has 0 radical (unpaired) electrons. The molecule has 1 aliphatic rings. The quantitative estimate of drug-likeness (QED) is 0.0823. The zero-order chi connectivity index (χ0) is 32.2. The van der Waals surface area contributed by atoms with E-state index in [4.69, 9.17) is 68.6 Å². The molecule has 1 heterocycles. The van der Waals surface area contributed by atoms with Crippen LogP contribution in [0.25, 0.3) is 0 Å². The molecule has 0 bridgehead atoms. The first-order chi connectivity index (χ1) is 22.4. The van der Waals surface area contributed by atoms with E-state index in [-0.39, 0.29) is 26.4 Å². The Labute approximate surface area is 284 Å². The molecule has 0 saturated carbocycles. The molecule has 5 rings (SSSR count). The summed E-state index contributed by atoms with van der Waals surface area (Å²) in [6.45, 7) is 1.24. The summed E-state index contributed by atoms with van der Waals surface area (Å²) >= 11 is 18.1. The lowest BCUT2D eigenvalue weighted by Crippen LogP contribution is -2.62. The van der Waals surface area contributed by atoms with Crippen molar-refractivity contribution in [2.24, 2.45) is 0 Å². The Kier molecular flexibility index (Phi) is 12.9. The van der Waals surface area contributed by atoms with Crippen molar-refractivity contribution < 1.29 is 28.4 Å². The van der Waals surface area contributed by atoms with Gasteiger partial charge in [0.05, 0.1) is 33.0 Å². The Morgan fingerprint density at radius 1 is 0.565 bits per heavy atom. The second-order valence-electron chi connectivity index (χ2n) is 10.8. The maximum atomic E-state index is 8.37. The lowest BCUT2D eigenvalue weighted by Gasteiger charge is -2.46. The first-order valence-electron chi connectivity index (χ1n) is 14.9. The Hall–Kier alpha value is -2.98. The Morgan fingerprint density at radius 2 is 0.957 bits per heavy atom. The summed E-state index contributed by atoms with van der Waals surface area (Å²) in [5.41, 5.74) is 3.87. The second-order valence-corrected chi connectivity index (χ2v) is 13.1. The zero-order valence-corrected chi connectivity index (χ0v) is 27.3. The summed E-state index contributed by atoms with van der Waals surface area (Å²) in [5, 5.41) is 8.37. The van der Waals surface area contributed by atoms with Gasteiger partial charge in [0.15, 0.2) is 0 Å². The Balaban J connectivity index is 1.46. The number of halogens is 3. The van der Waals surface area contributed by atoms with Gasteiger partial charge in [0, 0.05) is 0 Å². The highest BCUT2D eigenvalue weighted by molar-refractivity contribution is 6.76. The van der Waals surface area contributed by atoms with Crippen LogP contribution < -0.4 is 0 Å². The van der Waals surface area contributed by atoms with Gasteiger partial charge >= 0.3 is 0 Å². The molecule has 1 fully saturated rings. The van der Waals surface area contributed by atoms with Crippen LogP contribution in [0.5, 0.6) is 0 Å². The largest absolute Gasteiger partial charge is 0.445 e. The average molecular weight is 685 g/mol. The van der Waals surface area contributed by atoms with E-state index < -0.39 is 40.4 Å². The third-order valence-electron chi connectivity index (χ3n) is 7.33. The third-order valence-corrected chi connectivity index (χ3v) is 7.85. The van der Waals surface area contributed by atoms with Gasteiger partial charge in [-0.15, -0.1) is 0 Å². The summed E-state index contributed by atoms with van der Waals surface area (Å²) in [7, 11) is 0. The molecule has 4 aromatic rings. The van der Waals surface area contributed by atoms with Crippen molar-refractivity contribution in [3.63, 3.8) is 0 Å². The summed E-state index contributed by atoms with van der Waals surface area (Å²) in [4.78, 5) is 0. The molecule has 0 aliphatic carbocycles. The van der Waals surface area contributed by atoms with Gasteiger partial charge in [-0.05, 0) is 22.3 Å². The van der Waals surface area contributed by atoms with Crippen LogP contribution in [0.1, 0.15) is 22.3 Å². The molecular weight excluding hydrogens is 649 g/mol. The van der Waals surface area contributed by atoms with Crippen LogP contribution in [-0.2, 0) is 54.8 Å². The molecule has 242 valence electrons. The van der Waals surface area contributed by atoms with E-state index in [0.29, 0.717) is 6.61 Å². The molecule has 1 saturated heterocycles. The summed E-state index contributed by atoms with van der Waals surface area (Å²) in [6, 6.07) is 39.2. The maximum Gasteiger partial charge on any atom is 0.265 e. The predicted molar refractivity (Wildman–Crippen MR) is 179 cm³/mol. The molecule has 5 atom stereocenters. The number of alkyl halides is 3. The molecule has 0 amide bonds. The van der Waals surface area contributed by atoms with Crippen LogP contribution in [0.4, 0.5) is 0 Å². The predicted octanol–water partition coefficient (Wildman–Crippen LogP) is 8.05. The van der Waals surface area contributed by atoms with Crippen molar-refractivity contribution in [1.29, 1.82) is 5.41 Å². The fourth-order valence-electron chi connectivity index (χ4n) is 5.02. The van der Waals surface area contributed by atoms with Crippen LogP contribution in [0.3, 0.4) is 0 Å². The number of nitrogens with one attached hydrogen (secondary N) is 1. The molecule has 46 heavy (non-hydrogen) atoms. The van der Waals surface area contributed by atoms with E-state index in [2.05, 4.69) is 0 Å². The van der Waals surface area contributed by atoms with Crippen molar-refractivity contribution in [1.82, 2.24) is 0 Å². The number of ether oxygens (including phenoxy) is 6. The lowest BCUT2D eigenvalue weighted by molar-refractivity contribution is -0.313. The van der Waals surface area contributed by atoms with Gasteiger partial charge in [0.1, 0.15) is 24.4 Å². The lowest BCUT2D eigenvalue weighted by atomic mass is 9.97. The molecule has 7 nitrogen and oxygen atoms in total. The molecular formula is C36H36Cl3NO6. The van der Waals surface area contributed by atoms with Gasteiger partial charge in [-0.25, -0.2) is 0 Å². The highest BCUT2D eigenvalue weighted by Crippen LogP contribution is 2.34. The van der Waals surface area contributed by atoms with Crippen molar-refractivity contribution in [2.75, 3.05) is 6.61 Å². The van der Waals surface area contributed by atoms with Gasteiger partial charge in [-0.1, -0.05) is 156 Å². The van der Waals surface area contributed by atoms with E-state index in [1.807, 2.05) is 121 Å². The zero-order valence-electron chi connectivity index (χ0n) is 25.1. The van der Waals surface area contributed by atoms with Gasteiger partial charge in [-0.3, -0.25) is 5.41 Å². The van der Waals surface area contributed by atoms with Crippen molar-refractivity contribution >= 4 is 40.7 Å². The SMILES string of the molecule is N=C(O[C@@H]1O[C@H](COCc2ccccc2)[C@H](OCc2ccccc2)[C@H](OCc2ccccc2)[C@H]1OCc1ccccc1)C(Cl)(Cl)Cl. The molecule has 0 unspecified atom stereocenters. The number of benzene rings is 4. The third kappa shape index (κ3) is 10.3. The number of hydrogen-bond donors (Lipinski definition) is 1. The van der Waals surface area contributed by atoms with E-state index >= 15 is 0 Å². The highest BCUT2D eigenvalue weighted by atomic mass is 35.6. The summed E-state index contributed by atoms with van der Waals surface area (Å²) < 4.78 is 36.1. The van der Waals surface area contributed by atoms with E-state index in [1.54, 1.807) is 0 Å². The fraction of sp³-hybridized carbons (Fsp3) is 0.306. The summed E-state index contributed by atoms with van der Waals surface area (Å²) in [6.07, 6.45) is -4.17. The maximum absolute atomic E-state index is 8.37. The first-order valence-corrected chi connectivity index (χ1v) is 16.1. The van der Waals surface area contributed by atoms with E-state index in [0.717, 1.165) is 22.3 Å². The number of hydrogen-bond acceptors (Lipinski definition) is 7. The minimum Gasteiger partial charge on any atom is -0.445 e. The molecule has 4 aromatic carbocycles. The Morgan fingerprint density at radius 3 is 1.39 bits per heavy atom. The smallest absolute Gasteiger partial charge is 0.265 e. The van der Waals surface area contributed by atoms with Gasteiger partial charge in [0.25, 0.3) is 3.79 Å². The standard InChI is InChI=1S/C36H36Cl3NO6/c37-36(38,39)35(40)46-34-33(44-24-29-19-11-4-12-20-29)32(43-23-28-17-9-3-10-18-28)31(42-22-27-15-7-2-8-16-27)30(45-34)25-41-21-26-13-5-1-6-14-26/h1-20,30-34,40H,21-25H2/t30-,31+,32+,33-,34+/m1/s1. The molecule has 1 N–H and O–H groups in total. The van der Waals surface area contributed by atoms with Gasteiger partial charge in [0.2, 0.25) is 12.2 Å². The second kappa shape index (κ2) is 17.3. The molecule has 0 aromatic heterocycles. The van der Waals surface area contributed by atoms with Crippen molar-refractivity contribution in [2.45, 2.75) is 60.9 Å². The number of rotatable bonds is 14. The van der Waals surface area contributed by atoms with Crippen LogP contribution in [0.2, 0.25) is 0 Å². The van der Waals surface area contributed by atoms with E-state index in [1.165, 1.54) is 0 Å². The van der Waals surface area contributed by atoms with Crippen LogP contribution in [0, 0.1) is 5.41 Å². The van der Waals surface area contributed by atoms with Gasteiger partial charge < -0.3 is 28.4 Å². The van der Waals surface area contributed by atoms with Crippen LogP contribution in [-0.4, -0.2) is 47.0 Å². The summed E-state index contributed by atoms with van der Waals surface area (Å²) in [5.74, 6) is -0.606. The average Bonchev–Trinajstić information content (AvgIpc) is 3.07. The normalized spacial score (nSPS) is 21.5. The molecule has 1 aliphatic heterocycles. The van der Waals surface area contributed by atoms with E-state index in [9.17, 15) is 0 Å². The first kappa shape index (κ1) is 34.4. The Bertz CT molecular complexity index is 1460. The molecule has 0 spiro atoms. The minimum atomic E-state index is -2.12. The van der Waals surface area contributed by atoms with Gasteiger partial charge in [-0.2, -0.15) is 0 Å².